The molecule has 2 N–H and O–H groups in total. The van der Waals surface area contributed by atoms with E-state index in [4.69, 9.17) is 0 Å². The minimum Gasteiger partial charge on any atom is -0.316 e. The van der Waals surface area contributed by atoms with Crippen molar-refractivity contribution in [2.75, 3.05) is 18.4 Å². The van der Waals surface area contributed by atoms with Crippen molar-refractivity contribution in [1.29, 1.82) is 0 Å². The summed E-state index contributed by atoms with van der Waals surface area (Å²) in [6.45, 7) is 3.61. The molecule has 0 spiro atoms. The summed E-state index contributed by atoms with van der Waals surface area (Å²) in [4.78, 5) is 17.2. The summed E-state index contributed by atoms with van der Waals surface area (Å²) < 4.78 is 37.7. The van der Waals surface area contributed by atoms with E-state index in [0.29, 0.717) is 17.5 Å². The normalized spacial score (nSPS) is 16.3. The van der Waals surface area contributed by atoms with Crippen molar-refractivity contribution in [2.45, 2.75) is 19.5 Å². The first-order valence-corrected chi connectivity index (χ1v) is 8.77. The number of halogens is 3. The molecule has 134 valence electrons. The summed E-state index contributed by atoms with van der Waals surface area (Å²) in [5.74, 6) is 0.219. The summed E-state index contributed by atoms with van der Waals surface area (Å²) in [6, 6.07) is 5.08. The zero-order chi connectivity index (χ0) is 18.0. The second kappa shape index (κ2) is 7.13. The van der Waals surface area contributed by atoms with Crippen LogP contribution in [-0.2, 0) is 17.4 Å². The Labute approximate surface area is 147 Å². The highest BCUT2D eigenvalue weighted by Crippen LogP contribution is 2.30. The lowest BCUT2D eigenvalue weighted by Gasteiger charge is -2.31. The van der Waals surface area contributed by atoms with E-state index in [1.807, 2.05) is 6.92 Å². The van der Waals surface area contributed by atoms with Crippen LogP contribution in [-0.4, -0.2) is 24.0 Å². The largest absolute Gasteiger partial charge is 0.416 e. The molecular weight excluding hydrogens is 351 g/mol. The lowest BCUT2D eigenvalue weighted by atomic mass is 9.88. The molecule has 2 heterocycles. The number of rotatable bonds is 5. The van der Waals surface area contributed by atoms with Crippen LogP contribution in [0, 0.1) is 11.8 Å². The van der Waals surface area contributed by atoms with Gasteiger partial charge >= 0.3 is 6.18 Å². The number of hydrogen-bond acceptors (Lipinski definition) is 4. The van der Waals surface area contributed by atoms with Crippen LogP contribution in [0.3, 0.4) is 0 Å². The highest BCUT2D eigenvalue weighted by Gasteiger charge is 2.30. The van der Waals surface area contributed by atoms with Crippen LogP contribution < -0.4 is 10.6 Å². The number of nitrogens with zero attached hydrogens (tertiary/aromatic N) is 1. The quantitative estimate of drug-likeness (QED) is 0.848. The van der Waals surface area contributed by atoms with E-state index in [9.17, 15) is 18.0 Å². The van der Waals surface area contributed by atoms with Gasteiger partial charge in [-0.1, -0.05) is 19.1 Å². The molecule has 3 rings (SSSR count). The molecule has 1 atom stereocenters. The summed E-state index contributed by atoms with van der Waals surface area (Å²) >= 11 is 1.34. The molecule has 0 radical (unpaired) electrons. The van der Waals surface area contributed by atoms with Crippen LogP contribution in [0.4, 0.5) is 18.3 Å². The number of nitrogens with one attached hydrogen (secondary N) is 2. The van der Waals surface area contributed by atoms with E-state index in [1.54, 1.807) is 6.20 Å². The first kappa shape index (κ1) is 17.9. The van der Waals surface area contributed by atoms with Gasteiger partial charge in [0.2, 0.25) is 5.91 Å². The van der Waals surface area contributed by atoms with Crippen molar-refractivity contribution < 1.29 is 18.0 Å². The molecule has 1 aliphatic rings. The average Bonchev–Trinajstić information content (AvgIpc) is 2.92. The molecule has 1 aliphatic heterocycles. The van der Waals surface area contributed by atoms with Gasteiger partial charge < -0.3 is 10.6 Å². The van der Waals surface area contributed by atoms with Gasteiger partial charge in [0, 0.05) is 23.4 Å². The van der Waals surface area contributed by atoms with E-state index in [-0.39, 0.29) is 11.8 Å². The molecule has 1 fully saturated rings. The maximum absolute atomic E-state index is 12.6. The van der Waals surface area contributed by atoms with E-state index >= 15 is 0 Å². The fourth-order valence-corrected chi connectivity index (χ4v) is 3.41. The van der Waals surface area contributed by atoms with Gasteiger partial charge in [0.05, 0.1) is 5.56 Å². The van der Waals surface area contributed by atoms with E-state index in [0.717, 1.165) is 35.7 Å². The molecule has 0 aliphatic carbocycles. The molecule has 1 aromatic carbocycles. The molecule has 1 amide bonds. The smallest absolute Gasteiger partial charge is 0.316 e. The maximum atomic E-state index is 12.6. The van der Waals surface area contributed by atoms with E-state index in [1.165, 1.54) is 23.5 Å². The number of amides is 1. The predicted molar refractivity (Wildman–Crippen MR) is 90.5 cm³/mol. The number of aromatic nitrogens is 1. The van der Waals surface area contributed by atoms with E-state index in [2.05, 4.69) is 15.6 Å². The first-order valence-electron chi connectivity index (χ1n) is 7.95. The minimum atomic E-state index is -4.33. The standard InChI is InChI=1S/C17H18F3N3OS/c1-10(12-7-21-8-12)15(24)23-16-22-9-14(25-16)6-11-2-4-13(5-3-11)17(18,19)20/h2-5,9-10,12,21H,6-8H2,1H3,(H,22,23,24). The summed E-state index contributed by atoms with van der Waals surface area (Å²) in [6.07, 6.45) is -2.20. The molecular formula is C17H18F3N3OS. The fourth-order valence-electron chi connectivity index (χ4n) is 2.56. The zero-order valence-electron chi connectivity index (χ0n) is 13.6. The molecule has 2 aromatic rings. The second-order valence-electron chi connectivity index (χ2n) is 6.20. The topological polar surface area (TPSA) is 54.0 Å². The Morgan fingerprint density at radius 3 is 2.60 bits per heavy atom. The molecule has 0 saturated carbocycles. The van der Waals surface area contributed by atoms with Crippen LogP contribution in [0.25, 0.3) is 0 Å². The van der Waals surface area contributed by atoms with Crippen molar-refractivity contribution in [3.63, 3.8) is 0 Å². The second-order valence-corrected chi connectivity index (χ2v) is 7.31. The Kier molecular flexibility index (Phi) is 5.10. The highest BCUT2D eigenvalue weighted by molar-refractivity contribution is 7.15. The summed E-state index contributed by atoms with van der Waals surface area (Å²) in [5.41, 5.74) is 0.108. The number of carbonyl (C=O) groups excluding carboxylic acids is 1. The van der Waals surface area contributed by atoms with Crippen LogP contribution in [0.1, 0.15) is 22.9 Å². The third-order valence-corrected chi connectivity index (χ3v) is 5.29. The zero-order valence-corrected chi connectivity index (χ0v) is 14.4. The van der Waals surface area contributed by atoms with Crippen LogP contribution in [0.5, 0.6) is 0 Å². The van der Waals surface area contributed by atoms with Gasteiger partial charge in [-0.15, -0.1) is 11.3 Å². The van der Waals surface area contributed by atoms with Gasteiger partial charge in [-0.2, -0.15) is 13.2 Å². The van der Waals surface area contributed by atoms with Crippen molar-refractivity contribution in [3.8, 4) is 0 Å². The summed E-state index contributed by atoms with van der Waals surface area (Å²) in [7, 11) is 0. The monoisotopic (exact) mass is 369 g/mol. The Hall–Kier alpha value is -1.93. The molecule has 25 heavy (non-hydrogen) atoms. The third-order valence-electron chi connectivity index (χ3n) is 4.38. The number of benzene rings is 1. The van der Waals surface area contributed by atoms with Crippen LogP contribution in [0.2, 0.25) is 0 Å². The molecule has 8 heteroatoms. The van der Waals surface area contributed by atoms with Crippen LogP contribution in [0.15, 0.2) is 30.5 Å². The lowest BCUT2D eigenvalue weighted by molar-refractivity contribution is -0.137. The lowest BCUT2D eigenvalue weighted by Crippen LogP contribution is -2.48. The molecule has 1 aromatic heterocycles. The van der Waals surface area contributed by atoms with Gasteiger partial charge in [-0.3, -0.25) is 4.79 Å². The third kappa shape index (κ3) is 4.38. The molecule has 4 nitrogen and oxygen atoms in total. The van der Waals surface area contributed by atoms with Crippen molar-refractivity contribution >= 4 is 22.4 Å². The van der Waals surface area contributed by atoms with Crippen molar-refractivity contribution in [2.24, 2.45) is 11.8 Å². The number of thiazole rings is 1. The first-order chi connectivity index (χ1) is 11.8. The number of anilines is 1. The SMILES string of the molecule is CC(C(=O)Nc1ncc(Cc2ccc(C(F)(F)F)cc2)s1)C1CNC1. The Morgan fingerprint density at radius 2 is 2.04 bits per heavy atom. The number of hydrogen-bond donors (Lipinski definition) is 2. The van der Waals surface area contributed by atoms with Gasteiger partial charge in [0.25, 0.3) is 0 Å². The van der Waals surface area contributed by atoms with Gasteiger partial charge in [-0.25, -0.2) is 4.98 Å². The van der Waals surface area contributed by atoms with Crippen LogP contribution >= 0.6 is 11.3 Å². The molecule has 0 bridgehead atoms. The van der Waals surface area contributed by atoms with Gasteiger partial charge in [-0.05, 0) is 36.7 Å². The molecule has 1 unspecified atom stereocenters. The average molecular weight is 369 g/mol. The Balaban J connectivity index is 1.58. The van der Waals surface area contributed by atoms with Crippen molar-refractivity contribution in [1.82, 2.24) is 10.3 Å². The minimum absolute atomic E-state index is 0.0538. The van der Waals surface area contributed by atoms with Gasteiger partial charge in [0.15, 0.2) is 5.13 Å². The van der Waals surface area contributed by atoms with Crippen molar-refractivity contribution in [3.05, 3.63) is 46.5 Å². The maximum Gasteiger partial charge on any atom is 0.416 e. The Bertz CT molecular complexity index is 738. The Morgan fingerprint density at radius 1 is 1.36 bits per heavy atom. The van der Waals surface area contributed by atoms with E-state index < -0.39 is 11.7 Å². The predicted octanol–water partition coefficient (Wildman–Crippen LogP) is 3.55. The highest BCUT2D eigenvalue weighted by atomic mass is 32.1. The fraction of sp³-hybridized carbons (Fsp3) is 0.412. The summed E-state index contributed by atoms with van der Waals surface area (Å²) in [5, 5.41) is 6.48. The molecule has 1 saturated heterocycles. The number of carbonyl (C=O) groups is 1. The van der Waals surface area contributed by atoms with Gasteiger partial charge in [0.1, 0.15) is 0 Å². The number of alkyl halides is 3.